The van der Waals surface area contributed by atoms with Crippen LogP contribution >= 0.6 is 11.3 Å². The van der Waals surface area contributed by atoms with Crippen molar-refractivity contribution < 1.29 is 0 Å². The highest BCUT2D eigenvalue weighted by Gasteiger charge is 2.10. The van der Waals surface area contributed by atoms with E-state index in [9.17, 15) is 0 Å². The fourth-order valence-corrected chi connectivity index (χ4v) is 2.74. The highest BCUT2D eigenvalue weighted by molar-refractivity contribution is 7.09. The average molecular weight is 277 g/mol. The topological polar surface area (TPSA) is 29.9 Å². The molecule has 2 aromatic rings. The summed E-state index contributed by atoms with van der Waals surface area (Å²) in [5.74, 6) is 0. The van der Waals surface area contributed by atoms with Crippen molar-refractivity contribution in [3.63, 3.8) is 0 Å². The van der Waals surface area contributed by atoms with Gasteiger partial charge < -0.3 is 9.88 Å². The second-order valence-electron chi connectivity index (χ2n) is 5.91. The second kappa shape index (κ2) is 5.88. The average Bonchev–Trinajstić information content (AvgIpc) is 2.91. The molecule has 0 saturated heterocycles. The van der Waals surface area contributed by atoms with E-state index >= 15 is 0 Å². The number of aryl methyl sites for hydroxylation is 3. The van der Waals surface area contributed by atoms with Crippen LogP contribution in [0, 0.1) is 6.92 Å². The van der Waals surface area contributed by atoms with E-state index < -0.39 is 0 Å². The Bertz CT molecular complexity index is 519. The number of hydrogen-bond donors (Lipinski definition) is 1. The van der Waals surface area contributed by atoms with Gasteiger partial charge in [0.05, 0.1) is 11.2 Å². The van der Waals surface area contributed by atoms with E-state index in [4.69, 9.17) is 0 Å². The van der Waals surface area contributed by atoms with Crippen molar-refractivity contribution in [1.82, 2.24) is 14.9 Å². The summed E-state index contributed by atoms with van der Waals surface area (Å²) in [4.78, 5) is 5.70. The van der Waals surface area contributed by atoms with Gasteiger partial charge >= 0.3 is 0 Å². The highest BCUT2D eigenvalue weighted by Crippen LogP contribution is 2.14. The van der Waals surface area contributed by atoms with E-state index in [1.54, 1.807) is 11.3 Å². The van der Waals surface area contributed by atoms with Crippen LogP contribution in [0.3, 0.4) is 0 Å². The molecule has 0 spiro atoms. The molecule has 0 unspecified atom stereocenters. The fourth-order valence-electron chi connectivity index (χ4n) is 1.97. The maximum Gasteiger partial charge on any atom is 0.0797 e. The first-order valence-corrected chi connectivity index (χ1v) is 7.62. The molecule has 0 aliphatic carbocycles. The van der Waals surface area contributed by atoms with Gasteiger partial charge in [-0.25, -0.2) is 4.98 Å². The largest absolute Gasteiger partial charge is 0.350 e. The van der Waals surface area contributed by atoms with Crippen molar-refractivity contribution in [2.24, 2.45) is 0 Å². The Kier molecular flexibility index (Phi) is 4.42. The molecule has 0 bridgehead atoms. The van der Waals surface area contributed by atoms with E-state index in [2.05, 4.69) is 60.9 Å². The van der Waals surface area contributed by atoms with Gasteiger partial charge in [0.1, 0.15) is 0 Å². The Morgan fingerprint density at radius 3 is 2.79 bits per heavy atom. The summed E-state index contributed by atoms with van der Waals surface area (Å²) < 4.78 is 2.33. The molecule has 0 atom stereocenters. The molecule has 104 valence electrons. The number of rotatable bonds is 5. The van der Waals surface area contributed by atoms with Gasteiger partial charge in [-0.05, 0) is 39.8 Å². The molecule has 2 aromatic heterocycles. The van der Waals surface area contributed by atoms with Crippen molar-refractivity contribution in [2.45, 2.75) is 52.7 Å². The molecule has 0 aliphatic heterocycles. The number of aromatic nitrogens is 2. The second-order valence-corrected chi connectivity index (χ2v) is 6.85. The molecule has 0 radical (unpaired) electrons. The van der Waals surface area contributed by atoms with Crippen LogP contribution in [0.15, 0.2) is 23.8 Å². The summed E-state index contributed by atoms with van der Waals surface area (Å²) in [5, 5.41) is 3.54. The standard InChI is InChI=1S/C15H23N3S/c1-12-14(19-11-16-12)7-9-18-8-5-6-13(18)10-17-15(2,3)4/h5-6,8,11,17H,7,9-10H2,1-4H3. The molecule has 0 aromatic carbocycles. The summed E-state index contributed by atoms with van der Waals surface area (Å²) in [6.45, 7) is 10.6. The molecule has 3 nitrogen and oxygen atoms in total. The summed E-state index contributed by atoms with van der Waals surface area (Å²) in [7, 11) is 0. The van der Waals surface area contributed by atoms with Crippen LogP contribution in [0.25, 0.3) is 0 Å². The van der Waals surface area contributed by atoms with Crippen LogP contribution in [0.2, 0.25) is 0 Å². The molecule has 19 heavy (non-hydrogen) atoms. The van der Waals surface area contributed by atoms with Crippen molar-refractivity contribution in [2.75, 3.05) is 0 Å². The molecule has 1 N–H and O–H groups in total. The Morgan fingerprint density at radius 2 is 2.16 bits per heavy atom. The predicted octanol–water partition coefficient (Wildman–Crippen LogP) is 3.38. The lowest BCUT2D eigenvalue weighted by atomic mass is 10.1. The van der Waals surface area contributed by atoms with Crippen LogP contribution in [0.4, 0.5) is 0 Å². The lowest BCUT2D eigenvalue weighted by molar-refractivity contribution is 0.415. The first-order chi connectivity index (χ1) is 8.96. The number of thiazole rings is 1. The van der Waals surface area contributed by atoms with Gasteiger partial charge in [-0.3, -0.25) is 0 Å². The molecular weight excluding hydrogens is 254 g/mol. The van der Waals surface area contributed by atoms with Crippen LogP contribution in [-0.4, -0.2) is 15.1 Å². The lowest BCUT2D eigenvalue weighted by Gasteiger charge is -2.21. The zero-order chi connectivity index (χ0) is 13.9. The predicted molar refractivity (Wildman–Crippen MR) is 81.6 cm³/mol. The molecule has 0 fully saturated rings. The molecular formula is C15H23N3S. The minimum Gasteiger partial charge on any atom is -0.350 e. The third kappa shape index (κ3) is 4.18. The minimum atomic E-state index is 0.156. The van der Waals surface area contributed by atoms with Crippen LogP contribution in [-0.2, 0) is 19.5 Å². The number of hydrogen-bond acceptors (Lipinski definition) is 3. The normalized spacial score (nSPS) is 12.0. The summed E-state index contributed by atoms with van der Waals surface area (Å²) >= 11 is 1.75. The number of nitrogens with zero attached hydrogens (tertiary/aromatic N) is 2. The Hall–Kier alpha value is -1.13. The van der Waals surface area contributed by atoms with Gasteiger partial charge in [0.25, 0.3) is 0 Å². The van der Waals surface area contributed by atoms with Gasteiger partial charge in [-0.15, -0.1) is 11.3 Å². The van der Waals surface area contributed by atoms with E-state index in [0.717, 1.165) is 19.5 Å². The Balaban J connectivity index is 1.94. The minimum absolute atomic E-state index is 0.156. The van der Waals surface area contributed by atoms with E-state index in [0.29, 0.717) is 0 Å². The number of nitrogens with one attached hydrogen (secondary N) is 1. The van der Waals surface area contributed by atoms with Crippen molar-refractivity contribution in [3.05, 3.63) is 40.1 Å². The van der Waals surface area contributed by atoms with Gasteiger partial charge in [-0.2, -0.15) is 0 Å². The van der Waals surface area contributed by atoms with Gasteiger partial charge in [0, 0.05) is 41.8 Å². The lowest BCUT2D eigenvalue weighted by Crippen LogP contribution is -2.35. The highest BCUT2D eigenvalue weighted by atomic mass is 32.1. The monoisotopic (exact) mass is 277 g/mol. The maximum atomic E-state index is 4.30. The van der Waals surface area contributed by atoms with E-state index in [1.807, 2.05) is 5.51 Å². The Morgan fingerprint density at radius 1 is 1.37 bits per heavy atom. The summed E-state index contributed by atoms with van der Waals surface area (Å²) in [6, 6.07) is 4.32. The fraction of sp³-hybridized carbons (Fsp3) is 0.533. The van der Waals surface area contributed by atoms with Crippen molar-refractivity contribution >= 4 is 11.3 Å². The first-order valence-electron chi connectivity index (χ1n) is 6.74. The summed E-state index contributed by atoms with van der Waals surface area (Å²) in [6.07, 6.45) is 3.23. The maximum absolute atomic E-state index is 4.30. The molecule has 4 heteroatoms. The van der Waals surface area contributed by atoms with E-state index in [1.165, 1.54) is 16.3 Å². The molecule has 2 heterocycles. The quantitative estimate of drug-likeness (QED) is 0.908. The van der Waals surface area contributed by atoms with Gasteiger partial charge in [0.15, 0.2) is 0 Å². The third-order valence-corrected chi connectivity index (χ3v) is 4.14. The smallest absolute Gasteiger partial charge is 0.0797 e. The van der Waals surface area contributed by atoms with Crippen LogP contribution < -0.4 is 5.32 Å². The third-order valence-electron chi connectivity index (χ3n) is 3.15. The molecule has 0 aliphatic rings. The SMILES string of the molecule is Cc1ncsc1CCn1cccc1CNC(C)(C)C. The van der Waals surface area contributed by atoms with Gasteiger partial charge in [0.2, 0.25) is 0 Å². The first kappa shape index (κ1) is 14.3. The van der Waals surface area contributed by atoms with E-state index in [-0.39, 0.29) is 5.54 Å². The van der Waals surface area contributed by atoms with Crippen LogP contribution in [0.1, 0.15) is 37.0 Å². The summed E-state index contributed by atoms with van der Waals surface area (Å²) in [5.41, 5.74) is 4.61. The zero-order valence-corrected chi connectivity index (χ0v) is 13.0. The zero-order valence-electron chi connectivity index (χ0n) is 12.2. The molecule has 0 saturated carbocycles. The Labute approximate surface area is 119 Å². The molecule has 0 amide bonds. The van der Waals surface area contributed by atoms with Crippen molar-refractivity contribution in [3.8, 4) is 0 Å². The van der Waals surface area contributed by atoms with Gasteiger partial charge in [-0.1, -0.05) is 0 Å². The van der Waals surface area contributed by atoms with Crippen LogP contribution in [0.5, 0.6) is 0 Å². The van der Waals surface area contributed by atoms with Crippen molar-refractivity contribution in [1.29, 1.82) is 0 Å². The molecule has 2 rings (SSSR count).